The molecule has 8 amide bonds. The van der Waals surface area contributed by atoms with Gasteiger partial charge in [-0.1, -0.05) is 33.3 Å². The number of nitrogens with one attached hydrogen (secondary N) is 3. The molecule has 0 aliphatic carbocycles. The number of esters is 1. The lowest BCUT2D eigenvalue weighted by molar-refractivity contribution is -0.142. The van der Waals surface area contributed by atoms with Crippen molar-refractivity contribution in [3.63, 3.8) is 0 Å². The van der Waals surface area contributed by atoms with Crippen LogP contribution < -0.4 is 16.0 Å². The lowest BCUT2D eigenvalue weighted by atomic mass is 10.0. The summed E-state index contributed by atoms with van der Waals surface area (Å²) < 4.78 is 16.2. The number of hydrogen-bond donors (Lipinski definition) is 3. The highest BCUT2D eigenvalue weighted by atomic mass is 16.5. The smallest absolute Gasteiger partial charge is 0.302 e. The normalized spacial score (nSPS) is 14.5. The van der Waals surface area contributed by atoms with Crippen LogP contribution in [0.3, 0.4) is 0 Å². The summed E-state index contributed by atoms with van der Waals surface area (Å²) >= 11 is 0. The summed E-state index contributed by atoms with van der Waals surface area (Å²) in [5.74, 6) is -3.44. The number of anilines is 1. The first-order chi connectivity index (χ1) is 29.2. The molecule has 3 N–H and O–H groups in total. The first kappa shape index (κ1) is 52.7. The van der Waals surface area contributed by atoms with Crippen molar-refractivity contribution < 1.29 is 57.4 Å². The van der Waals surface area contributed by atoms with Crippen LogP contribution in [0.15, 0.2) is 18.2 Å². The molecule has 1 aliphatic heterocycles. The van der Waals surface area contributed by atoms with Crippen molar-refractivity contribution in [1.29, 1.82) is 0 Å². The topological polar surface area (TPSA) is 230 Å². The van der Waals surface area contributed by atoms with E-state index in [0.717, 1.165) is 0 Å². The van der Waals surface area contributed by atoms with E-state index in [1.54, 1.807) is 67.2 Å². The number of unbranched alkanes of at least 4 members (excludes halogenated alkanes) is 2. The maximum Gasteiger partial charge on any atom is 0.302 e. The zero-order valence-electron chi connectivity index (χ0n) is 37.8. The molecule has 1 aromatic rings. The third kappa shape index (κ3) is 18.7. The molecule has 1 aliphatic rings. The second-order valence-corrected chi connectivity index (χ2v) is 16.1. The lowest BCUT2D eigenvalue weighted by Crippen LogP contribution is -2.53. The summed E-state index contributed by atoms with van der Waals surface area (Å²) in [7, 11) is 6.40. The fourth-order valence-corrected chi connectivity index (χ4v) is 6.19. The number of likely N-dealkylation sites (N-methyl/N-ethyl adjacent to an activating group) is 2. The zero-order chi connectivity index (χ0) is 46.5. The fraction of sp³-hybridized carbons (Fsp3) is 0.651. The minimum atomic E-state index is -0.993. The molecular formula is C43H67N7O12. The average molecular weight is 874 g/mol. The highest BCUT2D eigenvalue weighted by molar-refractivity contribution is 6.03. The molecule has 2 rings (SSSR count). The van der Waals surface area contributed by atoms with Crippen molar-refractivity contribution >= 4 is 58.9 Å². The molecule has 0 aromatic heterocycles. The Kier molecular flexibility index (Phi) is 22.8. The number of benzene rings is 1. The molecule has 62 heavy (non-hydrogen) atoms. The highest BCUT2D eigenvalue weighted by Crippen LogP contribution is 2.21. The van der Waals surface area contributed by atoms with E-state index in [1.165, 1.54) is 33.4 Å². The van der Waals surface area contributed by atoms with Gasteiger partial charge in [-0.05, 0) is 48.9 Å². The van der Waals surface area contributed by atoms with E-state index in [-0.39, 0.29) is 119 Å². The van der Waals surface area contributed by atoms with Crippen molar-refractivity contribution in [3.8, 4) is 0 Å². The van der Waals surface area contributed by atoms with E-state index >= 15 is 0 Å². The van der Waals surface area contributed by atoms with Crippen molar-refractivity contribution in [2.24, 2.45) is 11.8 Å². The van der Waals surface area contributed by atoms with Gasteiger partial charge in [-0.3, -0.25) is 48.1 Å². The van der Waals surface area contributed by atoms with Crippen LogP contribution in [-0.4, -0.2) is 153 Å². The van der Waals surface area contributed by atoms with E-state index < -0.39 is 29.9 Å². The van der Waals surface area contributed by atoms with Crippen LogP contribution >= 0.6 is 0 Å². The van der Waals surface area contributed by atoms with Gasteiger partial charge in [0.1, 0.15) is 18.7 Å². The van der Waals surface area contributed by atoms with Crippen LogP contribution in [0.2, 0.25) is 0 Å². The Morgan fingerprint density at radius 2 is 1.40 bits per heavy atom. The molecule has 1 heterocycles. The van der Waals surface area contributed by atoms with Crippen LogP contribution in [0.5, 0.6) is 0 Å². The van der Waals surface area contributed by atoms with E-state index in [9.17, 15) is 43.2 Å². The van der Waals surface area contributed by atoms with E-state index in [0.29, 0.717) is 42.6 Å². The largest absolute Gasteiger partial charge is 0.461 e. The Balaban J connectivity index is 1.85. The predicted molar refractivity (Wildman–Crippen MR) is 228 cm³/mol. The lowest BCUT2D eigenvalue weighted by Gasteiger charge is -2.24. The Labute approximate surface area is 364 Å². The second-order valence-electron chi connectivity index (χ2n) is 16.1. The van der Waals surface area contributed by atoms with E-state index in [4.69, 9.17) is 14.2 Å². The van der Waals surface area contributed by atoms with Crippen LogP contribution in [0.4, 0.5) is 5.69 Å². The molecule has 0 radical (unpaired) electrons. The molecule has 346 valence electrons. The van der Waals surface area contributed by atoms with Gasteiger partial charge in [-0.25, -0.2) is 0 Å². The third-order valence-electron chi connectivity index (χ3n) is 10.1. The van der Waals surface area contributed by atoms with Crippen LogP contribution in [0.1, 0.15) is 90.7 Å². The minimum absolute atomic E-state index is 0.0153. The van der Waals surface area contributed by atoms with Gasteiger partial charge in [0.25, 0.3) is 0 Å². The number of rotatable bonds is 27. The number of likely N-dealkylation sites (tertiary alicyclic amines) is 1. The maximum absolute atomic E-state index is 13.3. The van der Waals surface area contributed by atoms with Gasteiger partial charge in [0.05, 0.1) is 45.8 Å². The first-order valence-corrected chi connectivity index (χ1v) is 21.0. The van der Waals surface area contributed by atoms with Crippen molar-refractivity contribution in [3.05, 3.63) is 29.3 Å². The number of amides is 8. The molecule has 19 nitrogen and oxygen atoms in total. The zero-order valence-corrected chi connectivity index (χ0v) is 37.8. The van der Waals surface area contributed by atoms with Gasteiger partial charge in [-0.15, -0.1) is 0 Å². The Morgan fingerprint density at radius 3 is 1.97 bits per heavy atom. The van der Waals surface area contributed by atoms with Crippen LogP contribution in [0.25, 0.3) is 0 Å². The van der Waals surface area contributed by atoms with E-state index in [2.05, 4.69) is 16.0 Å². The van der Waals surface area contributed by atoms with Gasteiger partial charge in [0.15, 0.2) is 0 Å². The standard InChI is InChI=1S/C43H67N7O12/c1-28(2)40(46-35(52)13-11-10-12-18-50-38(55)23-29(3)43(50)59)42(58)44-30(4)41(57)45-34-15-14-32(27-62-31(5)51)33(24-34)25-48(8)36(53)16-19-60-21-22-61-20-17-37(54)49(9)26-39(56)47(6)7/h14-15,24,28-30,40H,10-13,16-23,25-27H2,1-9H3,(H,44,58)(H,45,57)(H,46,52)/t29?,30-,40-/m0/s1. The molecule has 1 unspecified atom stereocenters. The Bertz CT molecular complexity index is 1740. The monoisotopic (exact) mass is 873 g/mol. The van der Waals surface area contributed by atoms with Crippen LogP contribution in [-0.2, 0) is 70.5 Å². The molecule has 1 saturated heterocycles. The Morgan fingerprint density at radius 1 is 0.774 bits per heavy atom. The first-order valence-electron chi connectivity index (χ1n) is 21.0. The summed E-state index contributed by atoms with van der Waals surface area (Å²) in [5.41, 5.74) is 1.59. The Hall–Kier alpha value is -5.43. The van der Waals surface area contributed by atoms with Gasteiger partial charge >= 0.3 is 5.97 Å². The highest BCUT2D eigenvalue weighted by Gasteiger charge is 2.35. The summed E-state index contributed by atoms with van der Waals surface area (Å²) in [6.45, 7) is 9.13. The molecule has 1 aromatic carbocycles. The molecular weight excluding hydrogens is 807 g/mol. The maximum atomic E-state index is 13.3. The van der Waals surface area contributed by atoms with E-state index in [1.807, 2.05) is 0 Å². The second kappa shape index (κ2) is 26.8. The van der Waals surface area contributed by atoms with Crippen molar-refractivity contribution in [1.82, 2.24) is 30.2 Å². The number of ether oxygens (including phenoxy) is 3. The molecule has 0 saturated carbocycles. The molecule has 19 heteroatoms. The summed E-state index contributed by atoms with van der Waals surface area (Å²) in [6.07, 6.45) is 2.26. The average Bonchev–Trinajstić information content (AvgIpc) is 3.45. The number of imide groups is 1. The number of carbonyl (C=O) groups excluding carboxylic acids is 9. The number of nitrogens with zero attached hydrogens (tertiary/aromatic N) is 4. The van der Waals surface area contributed by atoms with Crippen molar-refractivity contribution in [2.75, 3.05) is 73.0 Å². The minimum Gasteiger partial charge on any atom is -0.461 e. The number of hydrogen-bond acceptors (Lipinski definition) is 12. The van der Waals surface area contributed by atoms with Crippen LogP contribution in [0, 0.1) is 11.8 Å². The third-order valence-corrected chi connectivity index (χ3v) is 10.1. The van der Waals surface area contributed by atoms with Crippen molar-refractivity contribution in [2.45, 2.75) is 105 Å². The summed E-state index contributed by atoms with van der Waals surface area (Å²) in [6, 6.07) is 3.05. The van der Waals surface area contributed by atoms with Gasteiger partial charge < -0.3 is 44.9 Å². The fourth-order valence-electron chi connectivity index (χ4n) is 6.19. The summed E-state index contributed by atoms with van der Waals surface area (Å²) in [5, 5.41) is 8.21. The predicted octanol–water partition coefficient (Wildman–Crippen LogP) is 1.61. The molecule has 0 spiro atoms. The quantitative estimate of drug-likeness (QED) is 0.0651. The van der Waals surface area contributed by atoms with Gasteiger partial charge in [-0.2, -0.15) is 0 Å². The molecule has 1 fully saturated rings. The van der Waals surface area contributed by atoms with Gasteiger partial charge in [0, 0.05) is 72.7 Å². The van der Waals surface area contributed by atoms with Gasteiger partial charge in [0.2, 0.25) is 47.3 Å². The summed E-state index contributed by atoms with van der Waals surface area (Å²) in [4.78, 5) is 117. The molecule has 3 atom stereocenters. The molecule has 0 bridgehead atoms. The number of carbonyl (C=O) groups is 9. The SMILES string of the molecule is CC(=O)OCc1ccc(NC(=O)[C@H](C)NC(=O)[C@@H](NC(=O)CCCCCN2C(=O)CC(C)C2=O)C(C)C)cc1CN(C)C(=O)CCOCCOCCC(=O)N(C)CC(=O)N(C)C.